The van der Waals surface area contributed by atoms with Gasteiger partial charge in [-0.1, -0.05) is 42.0 Å². The Hall–Kier alpha value is -3.99. The number of hydrogen-bond acceptors (Lipinski definition) is 4. The Morgan fingerprint density at radius 3 is 2.09 bits per heavy atom. The van der Waals surface area contributed by atoms with Crippen molar-refractivity contribution >= 4 is 16.7 Å². The minimum Gasteiger partial charge on any atom is -0.497 e. The maximum Gasteiger partial charge on any atom is 0.251 e. The Morgan fingerprint density at radius 2 is 1.45 bits per heavy atom. The van der Waals surface area contributed by atoms with Gasteiger partial charge in [0.1, 0.15) is 5.75 Å². The number of rotatable bonds is 7. The Morgan fingerprint density at radius 1 is 0.788 bits per heavy atom. The van der Waals surface area contributed by atoms with Gasteiger partial charge in [-0.25, -0.2) is 0 Å². The van der Waals surface area contributed by atoms with Crippen LogP contribution in [0.5, 0.6) is 17.2 Å². The molecule has 33 heavy (non-hydrogen) atoms. The zero-order chi connectivity index (χ0) is 23.4. The minimum atomic E-state index is -0.143. The van der Waals surface area contributed by atoms with Gasteiger partial charge in [-0.2, -0.15) is 0 Å². The number of carbonyl (C=O) groups excluding carboxylic acids is 1. The molecule has 0 atom stereocenters. The number of fused-ring (bicyclic) bond motifs is 1. The number of hydrogen-bond donors (Lipinski definition) is 1. The highest BCUT2D eigenvalue weighted by Gasteiger charge is 2.15. The van der Waals surface area contributed by atoms with E-state index >= 15 is 0 Å². The summed E-state index contributed by atoms with van der Waals surface area (Å²) in [6.45, 7) is 2.48. The first kappa shape index (κ1) is 22.2. The molecule has 0 aliphatic carbocycles. The highest BCUT2D eigenvalue weighted by molar-refractivity contribution is 6.05. The molecule has 5 nitrogen and oxygen atoms in total. The molecule has 0 bridgehead atoms. The largest absolute Gasteiger partial charge is 0.497 e. The molecule has 0 saturated heterocycles. The van der Waals surface area contributed by atoms with Crippen LogP contribution in [0.1, 0.15) is 21.5 Å². The van der Waals surface area contributed by atoms with E-state index in [0.717, 1.165) is 33.2 Å². The Bertz CT molecular complexity index is 1280. The Balaban J connectivity index is 1.74. The Labute approximate surface area is 193 Å². The molecule has 0 unspecified atom stereocenters. The zero-order valence-corrected chi connectivity index (χ0v) is 19.3. The maximum absolute atomic E-state index is 13.1. The topological polar surface area (TPSA) is 56.8 Å². The molecule has 168 valence electrons. The van der Waals surface area contributed by atoms with Crippen LogP contribution in [-0.4, -0.2) is 27.2 Å². The van der Waals surface area contributed by atoms with Crippen LogP contribution in [0.4, 0.5) is 0 Å². The van der Waals surface area contributed by atoms with Crippen LogP contribution in [0.3, 0.4) is 0 Å². The van der Waals surface area contributed by atoms with Crippen LogP contribution in [-0.2, 0) is 6.54 Å². The second-order valence-corrected chi connectivity index (χ2v) is 7.85. The van der Waals surface area contributed by atoms with Crippen molar-refractivity contribution in [1.82, 2.24) is 5.32 Å². The monoisotopic (exact) mass is 441 g/mol. The highest BCUT2D eigenvalue weighted by Crippen LogP contribution is 2.38. The fraction of sp³-hybridized carbons (Fsp3) is 0.179. The lowest BCUT2D eigenvalue weighted by molar-refractivity contribution is 0.0951. The highest BCUT2D eigenvalue weighted by atomic mass is 16.5. The lowest BCUT2D eigenvalue weighted by Crippen LogP contribution is -2.22. The van der Waals surface area contributed by atoms with E-state index in [1.54, 1.807) is 21.3 Å². The smallest absolute Gasteiger partial charge is 0.251 e. The van der Waals surface area contributed by atoms with E-state index in [2.05, 4.69) is 36.5 Å². The van der Waals surface area contributed by atoms with Gasteiger partial charge in [0.2, 0.25) is 0 Å². The van der Waals surface area contributed by atoms with Gasteiger partial charge >= 0.3 is 0 Å². The molecule has 0 aromatic heterocycles. The van der Waals surface area contributed by atoms with Crippen molar-refractivity contribution in [3.8, 4) is 28.4 Å². The molecule has 5 heteroatoms. The third-order valence-corrected chi connectivity index (χ3v) is 5.69. The average molecular weight is 442 g/mol. The summed E-state index contributed by atoms with van der Waals surface area (Å²) in [5.41, 5.74) is 4.75. The molecule has 0 aliphatic rings. The SMILES string of the molecule is COc1ccc(CNC(=O)c2cc(-c3ccc(C)cc3)c3cc(OC)c(OC)cc3c2)cc1. The predicted octanol–water partition coefficient (Wildman–Crippen LogP) is 5.77. The fourth-order valence-electron chi connectivity index (χ4n) is 3.82. The number of methoxy groups -OCH3 is 3. The molecule has 0 radical (unpaired) electrons. The van der Waals surface area contributed by atoms with Crippen molar-refractivity contribution in [1.29, 1.82) is 0 Å². The summed E-state index contributed by atoms with van der Waals surface area (Å²) in [4.78, 5) is 13.1. The van der Waals surface area contributed by atoms with Gasteiger partial charge in [0, 0.05) is 12.1 Å². The number of aryl methyl sites for hydroxylation is 1. The number of ether oxygens (including phenoxy) is 3. The van der Waals surface area contributed by atoms with Crippen LogP contribution < -0.4 is 19.5 Å². The maximum atomic E-state index is 13.1. The zero-order valence-electron chi connectivity index (χ0n) is 19.3. The molecule has 4 rings (SSSR count). The molecule has 1 N–H and O–H groups in total. The first-order valence-corrected chi connectivity index (χ1v) is 10.7. The number of benzene rings is 4. The molecule has 0 aliphatic heterocycles. The second kappa shape index (κ2) is 9.65. The van der Waals surface area contributed by atoms with Gasteiger partial charge in [-0.15, -0.1) is 0 Å². The normalized spacial score (nSPS) is 10.7. The molecule has 0 fully saturated rings. The lowest BCUT2D eigenvalue weighted by Gasteiger charge is -2.15. The lowest BCUT2D eigenvalue weighted by atomic mass is 9.94. The fourth-order valence-corrected chi connectivity index (χ4v) is 3.82. The van der Waals surface area contributed by atoms with Crippen molar-refractivity contribution in [2.24, 2.45) is 0 Å². The molecule has 1 amide bonds. The van der Waals surface area contributed by atoms with Crippen LogP contribution in [0.25, 0.3) is 21.9 Å². The van der Waals surface area contributed by atoms with E-state index in [-0.39, 0.29) is 5.91 Å². The van der Waals surface area contributed by atoms with Crippen molar-refractivity contribution in [2.75, 3.05) is 21.3 Å². The van der Waals surface area contributed by atoms with E-state index in [1.807, 2.05) is 48.5 Å². The number of amides is 1. The van der Waals surface area contributed by atoms with Gasteiger partial charge in [0.15, 0.2) is 11.5 Å². The van der Waals surface area contributed by atoms with E-state index in [9.17, 15) is 4.79 Å². The number of carbonyl (C=O) groups is 1. The molecule has 0 saturated carbocycles. The van der Waals surface area contributed by atoms with Crippen LogP contribution >= 0.6 is 0 Å². The van der Waals surface area contributed by atoms with Crippen molar-refractivity contribution in [3.05, 3.63) is 89.5 Å². The third kappa shape index (κ3) is 4.77. The summed E-state index contributed by atoms with van der Waals surface area (Å²) in [7, 11) is 4.86. The van der Waals surface area contributed by atoms with Crippen LogP contribution in [0.15, 0.2) is 72.8 Å². The quantitative estimate of drug-likeness (QED) is 0.396. The van der Waals surface area contributed by atoms with E-state index in [1.165, 1.54) is 5.56 Å². The van der Waals surface area contributed by atoms with Crippen molar-refractivity contribution < 1.29 is 19.0 Å². The molecule has 0 spiro atoms. The summed E-state index contributed by atoms with van der Waals surface area (Å²) in [5.74, 6) is 1.91. The average Bonchev–Trinajstić information content (AvgIpc) is 2.86. The summed E-state index contributed by atoms with van der Waals surface area (Å²) in [6.07, 6.45) is 0. The summed E-state index contributed by atoms with van der Waals surface area (Å²) in [5, 5.41) is 4.91. The van der Waals surface area contributed by atoms with E-state index in [0.29, 0.717) is 23.6 Å². The van der Waals surface area contributed by atoms with E-state index < -0.39 is 0 Å². The van der Waals surface area contributed by atoms with Crippen molar-refractivity contribution in [3.63, 3.8) is 0 Å². The predicted molar refractivity (Wildman–Crippen MR) is 131 cm³/mol. The van der Waals surface area contributed by atoms with Gasteiger partial charge in [-0.05, 0) is 70.8 Å². The van der Waals surface area contributed by atoms with Gasteiger partial charge in [-0.3, -0.25) is 4.79 Å². The van der Waals surface area contributed by atoms with Crippen LogP contribution in [0.2, 0.25) is 0 Å². The number of nitrogens with one attached hydrogen (secondary N) is 1. The van der Waals surface area contributed by atoms with E-state index in [4.69, 9.17) is 14.2 Å². The second-order valence-electron chi connectivity index (χ2n) is 7.85. The van der Waals surface area contributed by atoms with Crippen molar-refractivity contribution in [2.45, 2.75) is 13.5 Å². The van der Waals surface area contributed by atoms with Crippen LogP contribution in [0, 0.1) is 6.92 Å². The Kier molecular flexibility index (Phi) is 6.50. The molecule has 4 aromatic rings. The molecule has 4 aromatic carbocycles. The molecular weight excluding hydrogens is 414 g/mol. The standard InChI is InChI=1S/C28H27NO4/c1-18-5-9-20(10-6-18)24-14-22(13-21-15-26(32-3)27(33-4)16-25(21)24)28(30)29-17-19-7-11-23(31-2)12-8-19/h5-16H,17H2,1-4H3,(H,29,30). The van der Waals surface area contributed by atoms with Gasteiger partial charge in [0.05, 0.1) is 21.3 Å². The third-order valence-electron chi connectivity index (χ3n) is 5.69. The summed E-state index contributed by atoms with van der Waals surface area (Å²) in [6, 6.07) is 23.6. The summed E-state index contributed by atoms with van der Waals surface area (Å²) >= 11 is 0. The summed E-state index contributed by atoms with van der Waals surface area (Å²) < 4.78 is 16.2. The van der Waals surface area contributed by atoms with Gasteiger partial charge in [0.25, 0.3) is 5.91 Å². The minimum absolute atomic E-state index is 0.143. The molecule has 0 heterocycles. The molecular formula is C28H27NO4. The first-order valence-electron chi connectivity index (χ1n) is 10.7. The first-order chi connectivity index (χ1) is 16.0. The van der Waals surface area contributed by atoms with Gasteiger partial charge < -0.3 is 19.5 Å².